The maximum atomic E-state index is 12.9. The van der Waals surface area contributed by atoms with E-state index in [1.54, 1.807) is 18.2 Å². The number of hydrogen-bond acceptors (Lipinski definition) is 2. The molecule has 3 heteroatoms. The van der Waals surface area contributed by atoms with E-state index in [1.165, 1.54) is 13.2 Å². The van der Waals surface area contributed by atoms with E-state index < -0.39 is 6.23 Å². The van der Waals surface area contributed by atoms with E-state index in [-0.39, 0.29) is 5.82 Å². The molecule has 1 aromatic rings. The third-order valence-corrected chi connectivity index (χ3v) is 1.47. The molecule has 0 aliphatic carbocycles. The molecule has 1 rings (SSSR count). The van der Waals surface area contributed by atoms with Crippen molar-refractivity contribution < 1.29 is 9.13 Å². The van der Waals surface area contributed by atoms with E-state index in [9.17, 15) is 4.39 Å². The summed E-state index contributed by atoms with van der Waals surface area (Å²) in [5, 5.41) is 0. The predicted molar refractivity (Wildman–Crippen MR) is 40.3 cm³/mol. The van der Waals surface area contributed by atoms with E-state index >= 15 is 0 Å². The van der Waals surface area contributed by atoms with Crippen molar-refractivity contribution in [1.82, 2.24) is 0 Å². The summed E-state index contributed by atoms with van der Waals surface area (Å²) in [7, 11) is 1.44. The second-order valence-electron chi connectivity index (χ2n) is 2.18. The van der Waals surface area contributed by atoms with Gasteiger partial charge in [-0.2, -0.15) is 0 Å². The molecule has 2 nitrogen and oxygen atoms in total. The first-order valence-electron chi connectivity index (χ1n) is 3.28. The predicted octanol–water partition coefficient (Wildman–Crippen LogP) is 1.43. The quantitative estimate of drug-likeness (QED) is 0.656. The molecule has 0 fully saturated rings. The van der Waals surface area contributed by atoms with Gasteiger partial charge in [0, 0.05) is 12.7 Å². The van der Waals surface area contributed by atoms with Crippen molar-refractivity contribution in [3.63, 3.8) is 0 Å². The lowest BCUT2D eigenvalue weighted by atomic mass is 10.2. The van der Waals surface area contributed by atoms with Gasteiger partial charge in [0.2, 0.25) is 0 Å². The van der Waals surface area contributed by atoms with Gasteiger partial charge in [-0.3, -0.25) is 0 Å². The average molecular weight is 155 g/mol. The average Bonchev–Trinajstić information content (AvgIpc) is 2.04. The molecule has 1 atom stereocenters. The first-order valence-corrected chi connectivity index (χ1v) is 3.28. The lowest BCUT2D eigenvalue weighted by Gasteiger charge is -2.09. The Hall–Kier alpha value is -0.930. The van der Waals surface area contributed by atoms with E-state index in [1.807, 2.05) is 0 Å². The summed E-state index contributed by atoms with van der Waals surface area (Å²) in [6, 6.07) is 6.29. The molecule has 0 spiro atoms. The maximum absolute atomic E-state index is 12.9. The molecule has 1 aromatic carbocycles. The smallest absolute Gasteiger partial charge is 0.134 e. The minimum Gasteiger partial charge on any atom is -0.362 e. The lowest BCUT2D eigenvalue weighted by molar-refractivity contribution is 0.106. The Morgan fingerprint density at radius 3 is 2.64 bits per heavy atom. The molecule has 0 aromatic heterocycles. The van der Waals surface area contributed by atoms with Crippen molar-refractivity contribution in [3.05, 3.63) is 35.6 Å². The van der Waals surface area contributed by atoms with Gasteiger partial charge in [-0.15, -0.1) is 0 Å². The zero-order valence-corrected chi connectivity index (χ0v) is 6.25. The fourth-order valence-corrected chi connectivity index (χ4v) is 0.833. The van der Waals surface area contributed by atoms with E-state index in [2.05, 4.69) is 0 Å². The van der Waals surface area contributed by atoms with Crippen LogP contribution in [0, 0.1) is 5.82 Å². The van der Waals surface area contributed by atoms with Crippen LogP contribution in [-0.4, -0.2) is 7.11 Å². The number of ether oxygens (including phenoxy) is 1. The fraction of sp³-hybridized carbons (Fsp3) is 0.250. The summed E-state index contributed by atoms with van der Waals surface area (Å²) in [4.78, 5) is 0. The molecule has 0 saturated carbocycles. The van der Waals surface area contributed by atoms with Crippen LogP contribution in [0.25, 0.3) is 0 Å². The molecule has 2 N–H and O–H groups in total. The third kappa shape index (κ3) is 1.76. The minimum atomic E-state index is -0.670. The van der Waals surface area contributed by atoms with Crippen molar-refractivity contribution in [2.75, 3.05) is 7.11 Å². The van der Waals surface area contributed by atoms with E-state index in [0.29, 0.717) is 5.56 Å². The van der Waals surface area contributed by atoms with E-state index in [0.717, 1.165) is 0 Å². The molecule has 0 aliphatic rings. The Morgan fingerprint density at radius 2 is 2.09 bits per heavy atom. The molecule has 1 unspecified atom stereocenters. The Bertz CT molecular complexity index is 239. The number of halogens is 1. The van der Waals surface area contributed by atoms with Gasteiger partial charge in [0.05, 0.1) is 0 Å². The van der Waals surface area contributed by atoms with Crippen molar-refractivity contribution in [1.29, 1.82) is 0 Å². The zero-order valence-electron chi connectivity index (χ0n) is 6.25. The Morgan fingerprint density at radius 1 is 1.45 bits per heavy atom. The van der Waals surface area contributed by atoms with Crippen LogP contribution in [0.3, 0.4) is 0 Å². The molecule has 60 valence electrons. The van der Waals surface area contributed by atoms with Crippen LogP contribution in [0.5, 0.6) is 0 Å². The zero-order chi connectivity index (χ0) is 8.27. The second-order valence-corrected chi connectivity index (χ2v) is 2.18. The summed E-state index contributed by atoms with van der Waals surface area (Å²) >= 11 is 0. The van der Waals surface area contributed by atoms with Gasteiger partial charge in [-0.05, 0) is 6.07 Å². The van der Waals surface area contributed by atoms with Crippen LogP contribution in [0.15, 0.2) is 24.3 Å². The van der Waals surface area contributed by atoms with Crippen molar-refractivity contribution in [3.8, 4) is 0 Å². The molecule has 0 radical (unpaired) electrons. The van der Waals surface area contributed by atoms with Gasteiger partial charge in [0.1, 0.15) is 12.0 Å². The van der Waals surface area contributed by atoms with Crippen LogP contribution < -0.4 is 5.73 Å². The van der Waals surface area contributed by atoms with Crippen LogP contribution in [0.2, 0.25) is 0 Å². The van der Waals surface area contributed by atoms with Crippen molar-refractivity contribution in [2.24, 2.45) is 5.73 Å². The first kappa shape index (κ1) is 8.17. The number of nitrogens with two attached hydrogens (primary N) is 1. The van der Waals surface area contributed by atoms with Gasteiger partial charge < -0.3 is 10.5 Å². The normalized spacial score (nSPS) is 13.0. The number of methoxy groups -OCH3 is 1. The Labute approximate surface area is 64.8 Å². The van der Waals surface area contributed by atoms with E-state index in [4.69, 9.17) is 10.5 Å². The highest BCUT2D eigenvalue weighted by molar-refractivity contribution is 5.18. The molecule has 11 heavy (non-hydrogen) atoms. The molecule has 0 bridgehead atoms. The van der Waals surface area contributed by atoms with Gasteiger partial charge in [-0.1, -0.05) is 18.2 Å². The molecule has 0 aliphatic heterocycles. The largest absolute Gasteiger partial charge is 0.362 e. The Kier molecular flexibility index (Phi) is 2.57. The highest BCUT2D eigenvalue weighted by atomic mass is 19.1. The maximum Gasteiger partial charge on any atom is 0.134 e. The second kappa shape index (κ2) is 3.46. The molecule has 0 heterocycles. The Balaban J connectivity index is 2.93. The third-order valence-electron chi connectivity index (χ3n) is 1.47. The van der Waals surface area contributed by atoms with Crippen LogP contribution in [-0.2, 0) is 4.74 Å². The highest BCUT2D eigenvalue weighted by Gasteiger charge is 2.07. The lowest BCUT2D eigenvalue weighted by Crippen LogP contribution is -2.13. The van der Waals surface area contributed by atoms with Gasteiger partial charge >= 0.3 is 0 Å². The van der Waals surface area contributed by atoms with Gasteiger partial charge in [0.25, 0.3) is 0 Å². The number of benzene rings is 1. The molecular weight excluding hydrogens is 145 g/mol. The molecule has 0 saturated heterocycles. The summed E-state index contributed by atoms with van der Waals surface area (Å²) in [5.74, 6) is -0.332. The number of rotatable bonds is 2. The van der Waals surface area contributed by atoms with Crippen molar-refractivity contribution >= 4 is 0 Å². The summed E-state index contributed by atoms with van der Waals surface area (Å²) in [6.45, 7) is 0. The van der Waals surface area contributed by atoms with Crippen molar-refractivity contribution in [2.45, 2.75) is 6.23 Å². The molecular formula is C8H10FNO. The minimum absolute atomic E-state index is 0.332. The fourth-order valence-electron chi connectivity index (χ4n) is 0.833. The number of hydrogen-bond donors (Lipinski definition) is 1. The summed E-state index contributed by atoms with van der Waals surface area (Å²) in [6.07, 6.45) is -0.670. The summed E-state index contributed by atoms with van der Waals surface area (Å²) in [5.41, 5.74) is 5.82. The van der Waals surface area contributed by atoms with Crippen LogP contribution in [0.1, 0.15) is 11.8 Å². The standard InChI is InChI=1S/C8H10FNO/c1-11-8(10)6-4-2-3-5-7(6)9/h2-5,8H,10H2,1H3. The summed E-state index contributed by atoms with van der Waals surface area (Å²) < 4.78 is 17.6. The SMILES string of the molecule is COC(N)c1ccccc1F. The van der Waals surface area contributed by atoms with Gasteiger partial charge in [0.15, 0.2) is 0 Å². The van der Waals surface area contributed by atoms with Crippen LogP contribution in [0.4, 0.5) is 4.39 Å². The first-order chi connectivity index (χ1) is 5.25. The topological polar surface area (TPSA) is 35.2 Å². The monoisotopic (exact) mass is 155 g/mol. The molecule has 0 amide bonds. The van der Waals surface area contributed by atoms with Gasteiger partial charge in [-0.25, -0.2) is 4.39 Å². The van der Waals surface area contributed by atoms with Crippen LogP contribution >= 0.6 is 0 Å². The highest BCUT2D eigenvalue weighted by Crippen LogP contribution is 2.13.